The molecule has 0 bridgehead atoms. The highest BCUT2D eigenvalue weighted by molar-refractivity contribution is 9.10. The summed E-state index contributed by atoms with van der Waals surface area (Å²) in [6.07, 6.45) is 5.69. The molecule has 2 aromatic rings. The van der Waals surface area contributed by atoms with Crippen molar-refractivity contribution in [2.75, 3.05) is 18.1 Å². The Bertz CT molecular complexity index is 1100. The van der Waals surface area contributed by atoms with Gasteiger partial charge in [0.15, 0.2) is 11.5 Å². The number of rotatable bonds is 10. The average molecular weight is 531 g/mol. The number of unbranched alkanes of at least 4 members (excludes halogenated alkanes) is 3. The van der Waals surface area contributed by atoms with Crippen LogP contribution in [0, 0.1) is 0 Å². The molecule has 0 unspecified atom stereocenters. The van der Waals surface area contributed by atoms with Crippen LogP contribution in [0.15, 0.2) is 46.4 Å². The highest BCUT2D eigenvalue weighted by Crippen LogP contribution is 2.38. The molecule has 1 saturated heterocycles. The first-order valence-corrected chi connectivity index (χ1v) is 11.9. The Hall–Kier alpha value is -3.33. The van der Waals surface area contributed by atoms with Crippen LogP contribution in [0.3, 0.4) is 0 Å². The van der Waals surface area contributed by atoms with Gasteiger partial charge in [-0.25, -0.2) is 9.69 Å². The maximum Gasteiger partial charge on any atom is 0.335 e. The lowest BCUT2D eigenvalue weighted by molar-refractivity contribution is -0.122. The number of amides is 4. The van der Waals surface area contributed by atoms with Crippen LogP contribution in [0.2, 0.25) is 0 Å². The van der Waals surface area contributed by atoms with Crippen molar-refractivity contribution in [2.45, 2.75) is 39.5 Å². The number of phenols is 1. The molecule has 1 aliphatic rings. The van der Waals surface area contributed by atoms with Crippen LogP contribution in [-0.2, 0) is 9.59 Å². The minimum atomic E-state index is -0.860. The van der Waals surface area contributed by atoms with Gasteiger partial charge in [-0.3, -0.25) is 14.9 Å². The van der Waals surface area contributed by atoms with Gasteiger partial charge in [-0.1, -0.05) is 26.2 Å². The van der Waals surface area contributed by atoms with E-state index in [2.05, 4.69) is 28.2 Å². The highest BCUT2D eigenvalue weighted by atomic mass is 79.9. The van der Waals surface area contributed by atoms with E-state index >= 15 is 0 Å². The summed E-state index contributed by atoms with van der Waals surface area (Å²) >= 11 is 3.50. The van der Waals surface area contributed by atoms with Crippen molar-refractivity contribution in [2.24, 2.45) is 0 Å². The predicted octanol–water partition coefficient (Wildman–Crippen LogP) is 5.18. The number of aromatic hydroxyl groups is 1. The maximum absolute atomic E-state index is 13.1. The number of phenolic OH excluding ortho intramolecular Hbond substituents is 1. The van der Waals surface area contributed by atoms with Gasteiger partial charge in [0.05, 0.1) is 23.4 Å². The topological polar surface area (TPSA) is 105 Å². The number of carbonyl (C=O) groups is 3. The molecular weight excluding hydrogens is 504 g/mol. The van der Waals surface area contributed by atoms with Crippen molar-refractivity contribution < 1.29 is 29.0 Å². The Morgan fingerprint density at radius 3 is 2.44 bits per heavy atom. The van der Waals surface area contributed by atoms with E-state index in [0.29, 0.717) is 34.7 Å². The number of carbonyl (C=O) groups excluding carboxylic acids is 3. The van der Waals surface area contributed by atoms with E-state index in [4.69, 9.17) is 9.47 Å². The minimum Gasteiger partial charge on any atom is -0.508 e. The number of halogens is 1. The van der Waals surface area contributed by atoms with Crippen molar-refractivity contribution in [3.8, 4) is 17.2 Å². The van der Waals surface area contributed by atoms with E-state index in [1.165, 1.54) is 30.3 Å². The fourth-order valence-electron chi connectivity index (χ4n) is 3.44. The first kappa shape index (κ1) is 25.3. The van der Waals surface area contributed by atoms with E-state index in [1.54, 1.807) is 12.1 Å². The third-order valence-corrected chi connectivity index (χ3v) is 5.69. The van der Waals surface area contributed by atoms with E-state index in [9.17, 15) is 19.5 Å². The fraction of sp³-hybridized carbons (Fsp3) is 0.320. The van der Waals surface area contributed by atoms with Crippen LogP contribution >= 0.6 is 15.9 Å². The lowest BCUT2D eigenvalue weighted by Crippen LogP contribution is -2.54. The SMILES string of the molecule is CCCCCCOc1c(Br)cc(/C=C2/C(=O)NC(=O)N(c3ccc(O)cc3)C2=O)cc1OCC. The Morgan fingerprint density at radius 2 is 1.76 bits per heavy atom. The molecule has 2 aromatic carbocycles. The van der Waals surface area contributed by atoms with E-state index in [-0.39, 0.29) is 17.0 Å². The Morgan fingerprint density at radius 1 is 1.03 bits per heavy atom. The monoisotopic (exact) mass is 530 g/mol. The van der Waals surface area contributed by atoms with Gasteiger partial charge < -0.3 is 14.6 Å². The van der Waals surface area contributed by atoms with Crippen molar-refractivity contribution in [1.82, 2.24) is 5.32 Å². The molecule has 1 fully saturated rings. The van der Waals surface area contributed by atoms with E-state index < -0.39 is 17.8 Å². The summed E-state index contributed by atoms with van der Waals surface area (Å²) in [5.74, 6) is -0.545. The van der Waals surface area contributed by atoms with Gasteiger partial charge in [-0.15, -0.1) is 0 Å². The molecule has 180 valence electrons. The number of barbiturate groups is 1. The van der Waals surface area contributed by atoms with Crippen molar-refractivity contribution in [3.63, 3.8) is 0 Å². The normalized spacial score (nSPS) is 15.0. The van der Waals surface area contributed by atoms with Crippen LogP contribution in [0.25, 0.3) is 6.08 Å². The van der Waals surface area contributed by atoms with Crippen molar-refractivity contribution in [1.29, 1.82) is 0 Å². The van der Waals surface area contributed by atoms with Crippen molar-refractivity contribution >= 4 is 45.5 Å². The molecule has 1 aliphatic heterocycles. The van der Waals surface area contributed by atoms with Gasteiger partial charge >= 0.3 is 6.03 Å². The maximum atomic E-state index is 13.1. The third kappa shape index (κ3) is 5.96. The summed E-state index contributed by atoms with van der Waals surface area (Å²) in [4.78, 5) is 38.7. The fourth-order valence-corrected chi connectivity index (χ4v) is 4.01. The van der Waals surface area contributed by atoms with Crippen LogP contribution in [0.1, 0.15) is 45.1 Å². The van der Waals surface area contributed by atoms with E-state index in [0.717, 1.165) is 30.6 Å². The molecule has 0 saturated carbocycles. The van der Waals surface area contributed by atoms with Gasteiger partial charge in [-0.2, -0.15) is 0 Å². The van der Waals surface area contributed by atoms with Gasteiger partial charge in [-0.05, 0) is 77.3 Å². The van der Waals surface area contributed by atoms with E-state index in [1.807, 2.05) is 6.92 Å². The van der Waals surface area contributed by atoms with Crippen LogP contribution in [-0.4, -0.2) is 36.2 Å². The van der Waals surface area contributed by atoms with Crippen molar-refractivity contribution in [3.05, 3.63) is 52.0 Å². The number of hydrogen-bond donors (Lipinski definition) is 2. The molecule has 34 heavy (non-hydrogen) atoms. The summed E-state index contributed by atoms with van der Waals surface area (Å²) < 4.78 is 12.3. The van der Waals surface area contributed by atoms with Crippen LogP contribution in [0.4, 0.5) is 10.5 Å². The summed E-state index contributed by atoms with van der Waals surface area (Å²) in [5, 5.41) is 11.7. The largest absolute Gasteiger partial charge is 0.508 e. The molecule has 8 nitrogen and oxygen atoms in total. The van der Waals surface area contributed by atoms with Gasteiger partial charge in [0.1, 0.15) is 11.3 Å². The number of anilines is 1. The number of hydrogen-bond acceptors (Lipinski definition) is 6. The molecule has 0 radical (unpaired) electrons. The second-order valence-electron chi connectivity index (χ2n) is 7.65. The second kappa shape index (κ2) is 11.7. The molecule has 2 N–H and O–H groups in total. The molecule has 0 atom stereocenters. The summed E-state index contributed by atoms with van der Waals surface area (Å²) in [7, 11) is 0. The van der Waals surface area contributed by atoms with Crippen LogP contribution in [0.5, 0.6) is 17.2 Å². The van der Waals surface area contributed by atoms with Gasteiger partial charge in [0.25, 0.3) is 11.8 Å². The Labute approximate surface area is 206 Å². The highest BCUT2D eigenvalue weighted by Gasteiger charge is 2.36. The smallest absolute Gasteiger partial charge is 0.335 e. The second-order valence-corrected chi connectivity index (χ2v) is 8.50. The molecule has 0 aliphatic carbocycles. The Kier molecular flexibility index (Phi) is 8.70. The molecule has 1 heterocycles. The molecule has 4 amide bonds. The summed E-state index contributed by atoms with van der Waals surface area (Å²) in [6.45, 7) is 4.95. The number of benzene rings is 2. The first-order valence-electron chi connectivity index (χ1n) is 11.1. The zero-order valence-corrected chi connectivity index (χ0v) is 20.7. The average Bonchev–Trinajstić information content (AvgIpc) is 2.79. The predicted molar refractivity (Wildman–Crippen MR) is 132 cm³/mol. The number of urea groups is 1. The standard InChI is InChI=1S/C25H27BrN2O6/c1-3-5-6-7-12-34-22-20(26)14-16(15-21(22)33-4-2)13-19-23(30)27-25(32)28(24(19)31)17-8-10-18(29)11-9-17/h8-11,13-15,29H,3-7,12H2,1-2H3,(H,27,30,32)/b19-13-. The van der Waals surface area contributed by atoms with Gasteiger partial charge in [0.2, 0.25) is 0 Å². The number of nitrogens with zero attached hydrogens (tertiary/aromatic N) is 1. The minimum absolute atomic E-state index is 0.0126. The number of ether oxygens (including phenoxy) is 2. The zero-order chi connectivity index (χ0) is 24.7. The molecule has 9 heteroatoms. The zero-order valence-electron chi connectivity index (χ0n) is 19.1. The first-order chi connectivity index (χ1) is 16.3. The number of nitrogens with one attached hydrogen (secondary N) is 1. The quantitative estimate of drug-likeness (QED) is 0.249. The molecule has 0 spiro atoms. The molecule has 3 rings (SSSR count). The molecule has 0 aromatic heterocycles. The molecular formula is C25H27BrN2O6. The number of imide groups is 2. The summed E-state index contributed by atoms with van der Waals surface area (Å²) in [5.41, 5.74) is 0.532. The lowest BCUT2D eigenvalue weighted by Gasteiger charge is -2.26. The third-order valence-electron chi connectivity index (χ3n) is 5.10. The van der Waals surface area contributed by atoms with Gasteiger partial charge in [0, 0.05) is 0 Å². The van der Waals surface area contributed by atoms with Crippen LogP contribution < -0.4 is 19.7 Å². The lowest BCUT2D eigenvalue weighted by atomic mass is 10.1. The summed E-state index contributed by atoms with van der Waals surface area (Å²) in [6, 6.07) is 8.07. The Balaban J connectivity index is 1.90.